The van der Waals surface area contributed by atoms with Crippen LogP contribution in [0.3, 0.4) is 0 Å². The summed E-state index contributed by atoms with van der Waals surface area (Å²) in [5.74, 6) is -1.77. The Bertz CT molecular complexity index is 2060. The predicted octanol–water partition coefficient (Wildman–Crippen LogP) is 4.40. The molecule has 1 atom stereocenters. The largest absolute Gasteiger partial charge is 0.460 e. The van der Waals surface area contributed by atoms with Gasteiger partial charge in [0.2, 0.25) is 0 Å². The SMILES string of the molecule is CC(C)(C)OC(=O)CCC(F)CN1CC(n2nnc(Cn3cc(NC(=O)c4cnn5cccnc45)c(-c4cc(OC(F)F)ccc4OC(F)F)n3)n2)C1. The molecule has 1 aromatic carbocycles. The molecule has 0 aliphatic carbocycles. The van der Waals surface area contributed by atoms with E-state index in [0.29, 0.717) is 13.1 Å². The number of benzene rings is 1. The van der Waals surface area contributed by atoms with Gasteiger partial charge in [-0.3, -0.25) is 19.2 Å². The average Bonchev–Trinajstić information content (AvgIpc) is 3.80. The van der Waals surface area contributed by atoms with Crippen molar-refractivity contribution in [1.29, 1.82) is 0 Å². The number of anilines is 1. The Balaban J connectivity index is 1.18. The van der Waals surface area contributed by atoms with E-state index in [1.165, 1.54) is 32.6 Å². The number of alkyl halides is 5. The quantitative estimate of drug-likeness (QED) is 0.119. The lowest BCUT2D eigenvalue weighted by atomic mass is 10.1. The number of carbonyl (C=O) groups excluding carboxylic acids is 2. The topological polar surface area (TPSA) is 169 Å². The molecule has 1 unspecified atom stereocenters. The number of hydrogen-bond acceptors (Lipinski definition) is 12. The number of rotatable bonds is 15. The number of nitrogens with zero attached hydrogens (tertiary/aromatic N) is 10. The molecule has 1 N–H and O–H groups in total. The Hall–Kier alpha value is -5.73. The first-order valence-electron chi connectivity index (χ1n) is 16.3. The number of nitrogens with one attached hydrogen (secondary N) is 1. The molecular formula is C32H34F5N11O5. The molecule has 16 nitrogen and oxygen atoms in total. The fourth-order valence-corrected chi connectivity index (χ4v) is 5.53. The lowest BCUT2D eigenvalue weighted by molar-refractivity contribution is -0.155. The molecule has 1 amide bonds. The number of tetrazole rings is 1. The third-order valence-corrected chi connectivity index (χ3v) is 7.76. The van der Waals surface area contributed by atoms with Crippen LogP contribution in [0.15, 0.2) is 49.1 Å². The van der Waals surface area contributed by atoms with E-state index in [1.54, 1.807) is 33.0 Å². The maximum Gasteiger partial charge on any atom is 0.387 e. The van der Waals surface area contributed by atoms with Crippen molar-refractivity contribution in [2.45, 2.75) is 71.2 Å². The lowest BCUT2D eigenvalue weighted by Gasteiger charge is -2.38. The van der Waals surface area contributed by atoms with E-state index in [4.69, 9.17) is 4.74 Å². The number of hydrogen-bond donors (Lipinski definition) is 1. The summed E-state index contributed by atoms with van der Waals surface area (Å²) in [7, 11) is 0. The second kappa shape index (κ2) is 15.5. The van der Waals surface area contributed by atoms with Crippen LogP contribution in [0.5, 0.6) is 11.5 Å². The van der Waals surface area contributed by atoms with Crippen molar-refractivity contribution in [3.8, 4) is 22.8 Å². The van der Waals surface area contributed by atoms with E-state index in [1.807, 2.05) is 4.90 Å². The van der Waals surface area contributed by atoms with E-state index in [2.05, 4.69) is 45.4 Å². The first-order valence-corrected chi connectivity index (χ1v) is 16.3. The second-order valence-electron chi connectivity index (χ2n) is 13.0. The molecule has 282 valence electrons. The first-order chi connectivity index (χ1) is 25.2. The molecule has 1 fully saturated rings. The number of ether oxygens (including phenoxy) is 3. The summed E-state index contributed by atoms with van der Waals surface area (Å²) in [5.41, 5.74) is -0.686. The Kier molecular flexibility index (Phi) is 10.8. The minimum Gasteiger partial charge on any atom is -0.460 e. The van der Waals surface area contributed by atoms with Crippen LogP contribution in [0.25, 0.3) is 16.9 Å². The van der Waals surface area contributed by atoms with Crippen LogP contribution < -0.4 is 14.8 Å². The molecule has 1 aliphatic rings. The highest BCUT2D eigenvalue weighted by Gasteiger charge is 2.32. The van der Waals surface area contributed by atoms with E-state index < -0.39 is 42.6 Å². The molecule has 4 aromatic heterocycles. The standard InChI is InChI=1S/C32H34F5N11O5/c1-32(2,3)53-26(49)8-5-18(33)13-45-14-19(15-45)48-42-25(41-44-48)17-46-16-23(40-29(50)22-12-39-47-10-4-9-38-28(22)47)27(43-46)21-11-20(51-30(34)35)6-7-24(21)52-31(36)37/h4,6-7,9-12,16,18-19,30-31H,5,8,13-15,17H2,1-3H3,(H,40,50). The van der Waals surface area contributed by atoms with E-state index in [-0.39, 0.29) is 71.7 Å². The summed E-state index contributed by atoms with van der Waals surface area (Å²) >= 11 is 0. The van der Waals surface area contributed by atoms with Crippen molar-refractivity contribution in [3.05, 3.63) is 60.4 Å². The van der Waals surface area contributed by atoms with Crippen molar-refractivity contribution < 1.29 is 45.8 Å². The van der Waals surface area contributed by atoms with Crippen molar-refractivity contribution in [3.63, 3.8) is 0 Å². The van der Waals surface area contributed by atoms with Gasteiger partial charge in [0.05, 0.1) is 23.5 Å². The number of fused-ring (bicyclic) bond motifs is 1. The predicted molar refractivity (Wildman–Crippen MR) is 174 cm³/mol. The number of esters is 1. The Morgan fingerprint density at radius 1 is 1.06 bits per heavy atom. The van der Waals surface area contributed by atoms with Gasteiger partial charge in [0.25, 0.3) is 5.91 Å². The van der Waals surface area contributed by atoms with Crippen LogP contribution in [-0.2, 0) is 16.1 Å². The van der Waals surface area contributed by atoms with E-state index in [9.17, 15) is 31.5 Å². The maximum absolute atomic E-state index is 14.6. The van der Waals surface area contributed by atoms with Crippen LogP contribution in [-0.4, -0.2) is 106 Å². The summed E-state index contributed by atoms with van der Waals surface area (Å²) in [6.45, 7) is -0.386. The molecule has 0 saturated carbocycles. The average molecular weight is 748 g/mol. The lowest BCUT2D eigenvalue weighted by Crippen LogP contribution is -2.50. The van der Waals surface area contributed by atoms with Gasteiger partial charge in [0, 0.05) is 44.6 Å². The highest BCUT2D eigenvalue weighted by molar-refractivity contribution is 6.09. The third-order valence-electron chi connectivity index (χ3n) is 7.76. The van der Waals surface area contributed by atoms with Crippen molar-refractivity contribution in [1.82, 2.24) is 49.5 Å². The van der Waals surface area contributed by atoms with Crippen molar-refractivity contribution >= 4 is 23.2 Å². The fraction of sp³-hybridized carbons (Fsp3) is 0.438. The number of aromatic nitrogens is 9. The van der Waals surface area contributed by atoms with Gasteiger partial charge >= 0.3 is 19.2 Å². The minimum atomic E-state index is -3.28. The zero-order valence-electron chi connectivity index (χ0n) is 28.6. The van der Waals surface area contributed by atoms with Gasteiger partial charge in [0.15, 0.2) is 11.5 Å². The molecular weight excluding hydrogens is 713 g/mol. The summed E-state index contributed by atoms with van der Waals surface area (Å²) in [5, 5.41) is 23.8. The van der Waals surface area contributed by atoms with Crippen LogP contribution in [0.1, 0.15) is 55.8 Å². The molecule has 1 aliphatic heterocycles. The molecule has 21 heteroatoms. The van der Waals surface area contributed by atoms with Crippen LogP contribution >= 0.6 is 0 Å². The summed E-state index contributed by atoms with van der Waals surface area (Å²) in [6.07, 6.45) is 4.47. The molecule has 5 heterocycles. The second-order valence-corrected chi connectivity index (χ2v) is 13.0. The smallest absolute Gasteiger partial charge is 0.387 e. The van der Waals surface area contributed by atoms with Crippen LogP contribution in [0, 0.1) is 0 Å². The van der Waals surface area contributed by atoms with E-state index >= 15 is 0 Å². The Labute approximate surface area is 297 Å². The first kappa shape index (κ1) is 37.0. The Morgan fingerprint density at radius 3 is 2.57 bits per heavy atom. The minimum absolute atomic E-state index is 0.0203. The van der Waals surface area contributed by atoms with Crippen molar-refractivity contribution in [2.75, 3.05) is 25.0 Å². The highest BCUT2D eigenvalue weighted by atomic mass is 19.3. The summed E-state index contributed by atoms with van der Waals surface area (Å²) < 4.78 is 84.6. The number of carbonyl (C=O) groups is 2. The zero-order chi connectivity index (χ0) is 37.9. The van der Waals surface area contributed by atoms with Gasteiger partial charge in [-0.2, -0.15) is 32.6 Å². The van der Waals surface area contributed by atoms with Crippen LogP contribution in [0.2, 0.25) is 0 Å². The third kappa shape index (κ3) is 9.39. The van der Waals surface area contributed by atoms with E-state index in [0.717, 1.165) is 18.2 Å². The fourth-order valence-electron chi connectivity index (χ4n) is 5.53. The monoisotopic (exact) mass is 747 g/mol. The number of amides is 1. The molecule has 53 heavy (non-hydrogen) atoms. The number of likely N-dealkylation sites (tertiary alicyclic amines) is 1. The van der Waals surface area contributed by atoms with Gasteiger partial charge in [-0.15, -0.1) is 10.2 Å². The molecule has 1 saturated heterocycles. The van der Waals surface area contributed by atoms with Gasteiger partial charge in [-0.05, 0) is 56.7 Å². The normalized spacial score (nSPS) is 14.5. The molecule has 0 radical (unpaired) electrons. The summed E-state index contributed by atoms with van der Waals surface area (Å²) in [6, 6.07) is 4.47. The van der Waals surface area contributed by atoms with Crippen molar-refractivity contribution in [2.24, 2.45) is 0 Å². The molecule has 0 spiro atoms. The molecule has 0 bridgehead atoms. The van der Waals surface area contributed by atoms with Gasteiger partial charge in [0.1, 0.15) is 41.1 Å². The van der Waals surface area contributed by atoms with Gasteiger partial charge in [-0.1, -0.05) is 0 Å². The maximum atomic E-state index is 14.6. The highest BCUT2D eigenvalue weighted by Crippen LogP contribution is 2.38. The number of halogens is 5. The van der Waals surface area contributed by atoms with Gasteiger partial charge in [-0.25, -0.2) is 13.9 Å². The zero-order valence-corrected chi connectivity index (χ0v) is 28.6. The molecule has 5 aromatic rings. The Morgan fingerprint density at radius 2 is 1.83 bits per heavy atom. The van der Waals surface area contributed by atoms with Crippen LogP contribution in [0.4, 0.5) is 27.6 Å². The summed E-state index contributed by atoms with van der Waals surface area (Å²) in [4.78, 5) is 32.8. The van der Waals surface area contributed by atoms with Gasteiger partial charge < -0.3 is 19.5 Å². The molecule has 6 rings (SSSR count).